The van der Waals surface area contributed by atoms with Gasteiger partial charge in [-0.3, -0.25) is 0 Å². The first-order chi connectivity index (χ1) is 12.3. The van der Waals surface area contributed by atoms with E-state index in [0.717, 1.165) is 28.2 Å². The highest BCUT2D eigenvalue weighted by Gasteiger charge is 2.27. The lowest BCUT2D eigenvalue weighted by molar-refractivity contribution is 0.0657. The summed E-state index contributed by atoms with van der Waals surface area (Å²) in [6.07, 6.45) is -0.0849. The molecule has 1 N–H and O–H groups in total. The van der Waals surface area contributed by atoms with Crippen LogP contribution in [-0.2, 0) is 6.61 Å². The smallest absolute Gasteiger partial charge is 0.127 e. The standard InChI is InChI=1S/C22H20O3/c23-20-14-22(25-21-9-5-4-8-19(20)21)17-10-12-18(13-11-17)24-15-16-6-2-1-3-7-16/h1-13,20,22-23H,14-15H2. The quantitative estimate of drug-likeness (QED) is 0.744. The third-order valence-corrected chi connectivity index (χ3v) is 4.48. The number of aliphatic hydroxyl groups is 1. The molecule has 0 aromatic heterocycles. The molecule has 0 bridgehead atoms. The van der Waals surface area contributed by atoms with Crippen LogP contribution in [0.4, 0.5) is 0 Å². The maximum absolute atomic E-state index is 10.4. The summed E-state index contributed by atoms with van der Waals surface area (Å²) in [7, 11) is 0. The molecule has 1 heterocycles. The lowest BCUT2D eigenvalue weighted by Crippen LogP contribution is -2.18. The maximum atomic E-state index is 10.4. The highest BCUT2D eigenvalue weighted by Crippen LogP contribution is 2.40. The van der Waals surface area contributed by atoms with Crippen LogP contribution < -0.4 is 9.47 Å². The van der Waals surface area contributed by atoms with E-state index >= 15 is 0 Å². The Morgan fingerprint density at radius 3 is 2.40 bits per heavy atom. The highest BCUT2D eigenvalue weighted by molar-refractivity contribution is 5.39. The molecule has 1 aliphatic rings. The summed E-state index contributed by atoms with van der Waals surface area (Å²) >= 11 is 0. The fourth-order valence-corrected chi connectivity index (χ4v) is 3.12. The molecule has 1 aliphatic heterocycles. The average Bonchev–Trinajstić information content (AvgIpc) is 2.68. The Morgan fingerprint density at radius 2 is 1.60 bits per heavy atom. The minimum Gasteiger partial charge on any atom is -0.489 e. The van der Waals surface area contributed by atoms with Crippen molar-refractivity contribution in [1.29, 1.82) is 0 Å². The second-order valence-corrected chi connectivity index (χ2v) is 6.24. The second kappa shape index (κ2) is 6.99. The summed E-state index contributed by atoms with van der Waals surface area (Å²) in [6, 6.07) is 25.7. The Balaban J connectivity index is 1.44. The molecule has 3 aromatic rings. The molecule has 0 radical (unpaired) electrons. The molecule has 3 heteroatoms. The first-order valence-corrected chi connectivity index (χ1v) is 8.50. The highest BCUT2D eigenvalue weighted by atomic mass is 16.5. The number of para-hydroxylation sites is 1. The Morgan fingerprint density at radius 1 is 0.880 bits per heavy atom. The van der Waals surface area contributed by atoms with E-state index in [4.69, 9.17) is 9.47 Å². The summed E-state index contributed by atoms with van der Waals surface area (Å²) in [6.45, 7) is 0.548. The summed E-state index contributed by atoms with van der Waals surface area (Å²) in [5.41, 5.74) is 3.05. The van der Waals surface area contributed by atoms with Gasteiger partial charge in [0.2, 0.25) is 0 Å². The predicted molar refractivity (Wildman–Crippen MR) is 96.6 cm³/mol. The monoisotopic (exact) mass is 332 g/mol. The predicted octanol–water partition coefficient (Wildman–Crippen LogP) is 4.82. The van der Waals surface area contributed by atoms with Gasteiger partial charge >= 0.3 is 0 Å². The van der Waals surface area contributed by atoms with E-state index in [-0.39, 0.29) is 6.10 Å². The van der Waals surface area contributed by atoms with Crippen LogP contribution in [0, 0.1) is 0 Å². The zero-order valence-corrected chi connectivity index (χ0v) is 13.8. The Labute approximate surface area is 147 Å². The first kappa shape index (κ1) is 15.7. The van der Waals surface area contributed by atoms with Crippen molar-refractivity contribution in [1.82, 2.24) is 0 Å². The van der Waals surface area contributed by atoms with Gasteiger partial charge in [-0.25, -0.2) is 0 Å². The van der Waals surface area contributed by atoms with E-state index in [9.17, 15) is 5.11 Å². The number of hydrogen-bond acceptors (Lipinski definition) is 3. The first-order valence-electron chi connectivity index (χ1n) is 8.50. The number of rotatable bonds is 4. The topological polar surface area (TPSA) is 38.7 Å². The third-order valence-electron chi connectivity index (χ3n) is 4.48. The van der Waals surface area contributed by atoms with E-state index < -0.39 is 6.10 Å². The second-order valence-electron chi connectivity index (χ2n) is 6.24. The number of aliphatic hydroxyl groups excluding tert-OH is 1. The Hall–Kier alpha value is -2.78. The molecule has 2 unspecified atom stereocenters. The number of fused-ring (bicyclic) bond motifs is 1. The molecule has 0 saturated heterocycles. The molecule has 0 fully saturated rings. The van der Waals surface area contributed by atoms with Crippen LogP contribution in [0.15, 0.2) is 78.9 Å². The Bertz CT molecular complexity index is 827. The van der Waals surface area contributed by atoms with Gasteiger partial charge in [0.1, 0.15) is 24.2 Å². The van der Waals surface area contributed by atoms with Crippen LogP contribution in [0.5, 0.6) is 11.5 Å². The van der Waals surface area contributed by atoms with Crippen LogP contribution >= 0.6 is 0 Å². The zero-order valence-electron chi connectivity index (χ0n) is 13.8. The summed E-state index contributed by atoms with van der Waals surface area (Å²) in [4.78, 5) is 0. The Kier molecular flexibility index (Phi) is 4.40. The van der Waals surface area contributed by atoms with Crippen LogP contribution in [0.25, 0.3) is 0 Å². The largest absolute Gasteiger partial charge is 0.489 e. The van der Waals surface area contributed by atoms with Crippen molar-refractivity contribution in [3.8, 4) is 11.5 Å². The van der Waals surface area contributed by atoms with Crippen LogP contribution in [0.3, 0.4) is 0 Å². The number of hydrogen-bond donors (Lipinski definition) is 1. The van der Waals surface area contributed by atoms with Crippen molar-refractivity contribution in [2.24, 2.45) is 0 Å². The fourth-order valence-electron chi connectivity index (χ4n) is 3.12. The van der Waals surface area contributed by atoms with Gasteiger partial charge in [-0.15, -0.1) is 0 Å². The van der Waals surface area contributed by atoms with Crippen molar-refractivity contribution >= 4 is 0 Å². The van der Waals surface area contributed by atoms with Crippen molar-refractivity contribution in [2.75, 3.05) is 0 Å². The van der Waals surface area contributed by atoms with Crippen molar-refractivity contribution in [3.05, 3.63) is 95.6 Å². The van der Waals surface area contributed by atoms with Gasteiger partial charge in [-0.1, -0.05) is 60.7 Å². The normalized spacial score (nSPS) is 18.9. The van der Waals surface area contributed by atoms with Gasteiger partial charge in [0, 0.05) is 12.0 Å². The van der Waals surface area contributed by atoms with E-state index in [1.54, 1.807) is 0 Å². The molecular formula is C22H20O3. The van der Waals surface area contributed by atoms with Gasteiger partial charge in [0.05, 0.1) is 6.10 Å². The van der Waals surface area contributed by atoms with Gasteiger partial charge in [0.25, 0.3) is 0 Å². The molecule has 0 spiro atoms. The van der Waals surface area contributed by atoms with Crippen molar-refractivity contribution in [3.63, 3.8) is 0 Å². The van der Waals surface area contributed by atoms with E-state index in [1.165, 1.54) is 0 Å². The summed E-state index contributed by atoms with van der Waals surface area (Å²) < 4.78 is 11.9. The lowest BCUT2D eigenvalue weighted by Gasteiger charge is -2.29. The number of ether oxygens (including phenoxy) is 2. The molecule has 2 atom stereocenters. The third kappa shape index (κ3) is 3.52. The molecule has 126 valence electrons. The van der Waals surface area contributed by atoms with E-state index in [0.29, 0.717) is 13.0 Å². The van der Waals surface area contributed by atoms with Gasteiger partial charge in [-0.2, -0.15) is 0 Å². The molecule has 4 rings (SSSR count). The minimum atomic E-state index is -0.496. The van der Waals surface area contributed by atoms with Gasteiger partial charge in [-0.05, 0) is 29.3 Å². The molecule has 25 heavy (non-hydrogen) atoms. The fraction of sp³-hybridized carbons (Fsp3) is 0.182. The lowest BCUT2D eigenvalue weighted by atomic mass is 9.95. The van der Waals surface area contributed by atoms with Gasteiger partial charge < -0.3 is 14.6 Å². The van der Waals surface area contributed by atoms with Crippen LogP contribution in [0.2, 0.25) is 0 Å². The molecule has 0 aliphatic carbocycles. The van der Waals surface area contributed by atoms with Crippen LogP contribution in [0.1, 0.15) is 35.3 Å². The van der Waals surface area contributed by atoms with E-state index in [2.05, 4.69) is 0 Å². The summed E-state index contributed by atoms with van der Waals surface area (Å²) in [5, 5.41) is 10.4. The molecule has 0 saturated carbocycles. The van der Waals surface area contributed by atoms with Crippen molar-refractivity contribution in [2.45, 2.75) is 25.2 Å². The van der Waals surface area contributed by atoms with Gasteiger partial charge in [0.15, 0.2) is 0 Å². The minimum absolute atomic E-state index is 0.145. The molecule has 0 amide bonds. The van der Waals surface area contributed by atoms with E-state index in [1.807, 2.05) is 78.9 Å². The molecular weight excluding hydrogens is 312 g/mol. The summed E-state index contributed by atoms with van der Waals surface area (Å²) in [5.74, 6) is 1.58. The molecule has 3 aromatic carbocycles. The van der Waals surface area contributed by atoms with Crippen molar-refractivity contribution < 1.29 is 14.6 Å². The molecule has 3 nitrogen and oxygen atoms in total. The van der Waals surface area contributed by atoms with Crippen LogP contribution in [-0.4, -0.2) is 5.11 Å². The maximum Gasteiger partial charge on any atom is 0.127 e. The SMILES string of the molecule is OC1CC(c2ccc(OCc3ccccc3)cc2)Oc2ccccc21. The average molecular weight is 332 g/mol. The number of benzene rings is 3. The zero-order chi connectivity index (χ0) is 17.1.